The first-order chi connectivity index (χ1) is 15.9. The molecule has 3 N–H and O–H groups in total. The van der Waals surface area contributed by atoms with Gasteiger partial charge in [0, 0.05) is 30.1 Å². The molecule has 2 amide bonds. The number of nitrogens with one attached hydrogen (secondary N) is 1. The van der Waals surface area contributed by atoms with Gasteiger partial charge in [-0.05, 0) is 48.9 Å². The molecule has 2 aromatic carbocycles. The van der Waals surface area contributed by atoms with Gasteiger partial charge in [0.25, 0.3) is 0 Å². The quantitative estimate of drug-likeness (QED) is 0.424. The molecule has 1 aliphatic rings. The van der Waals surface area contributed by atoms with Crippen LogP contribution in [0.4, 0.5) is 0 Å². The summed E-state index contributed by atoms with van der Waals surface area (Å²) in [6.45, 7) is 0.979. The number of halogens is 1. The lowest BCUT2D eigenvalue weighted by molar-refractivity contribution is -0.405. The van der Waals surface area contributed by atoms with Gasteiger partial charge in [0.1, 0.15) is 10.9 Å². The van der Waals surface area contributed by atoms with E-state index < -0.39 is 0 Å². The Labute approximate surface area is 199 Å². The van der Waals surface area contributed by atoms with Crippen molar-refractivity contribution in [2.45, 2.75) is 18.0 Å². The molecular formula is C23H24ClN4O4S+. The number of rotatable bonds is 6. The van der Waals surface area contributed by atoms with Crippen LogP contribution < -0.4 is 21.0 Å². The van der Waals surface area contributed by atoms with Crippen LogP contribution in [-0.4, -0.2) is 47.2 Å². The van der Waals surface area contributed by atoms with E-state index >= 15 is 0 Å². The maximum atomic E-state index is 13.5. The first-order valence-corrected chi connectivity index (χ1v) is 11.9. The molecule has 0 spiro atoms. The maximum absolute atomic E-state index is 13.5. The summed E-state index contributed by atoms with van der Waals surface area (Å²) in [7, 11) is 1.52. The number of ether oxygens (including phenoxy) is 1. The number of aromatic amines is 1. The number of carbonyl (C=O) groups is 2. The molecule has 1 saturated heterocycles. The molecule has 1 aliphatic heterocycles. The largest absolute Gasteiger partial charge is 0.492 e. The van der Waals surface area contributed by atoms with Crippen LogP contribution in [0, 0.1) is 5.92 Å². The number of nitrogens with two attached hydrogens (primary N) is 1. The normalized spacial score (nSPS) is 14.4. The fourth-order valence-corrected chi connectivity index (χ4v) is 5.06. The monoisotopic (exact) mass is 487 g/mol. The molecule has 0 atom stereocenters. The second-order valence-electron chi connectivity index (χ2n) is 7.78. The highest BCUT2D eigenvalue weighted by molar-refractivity contribution is 7.99. The van der Waals surface area contributed by atoms with Crippen molar-refractivity contribution in [3.8, 4) is 11.4 Å². The Kier molecular flexibility index (Phi) is 6.90. The maximum Gasteiger partial charge on any atom is 0.351 e. The summed E-state index contributed by atoms with van der Waals surface area (Å²) in [6.07, 6.45) is 1.14. The number of methoxy groups -OCH3 is 1. The molecular weight excluding hydrogens is 464 g/mol. The molecule has 4 rings (SSSR count). The number of hydrogen-bond donors (Lipinski definition) is 1. The first-order valence-electron chi connectivity index (χ1n) is 10.5. The van der Waals surface area contributed by atoms with Gasteiger partial charge in [0.05, 0.1) is 12.9 Å². The number of carbonyl (C=O) groups excluding carboxylic acids is 2. The summed E-state index contributed by atoms with van der Waals surface area (Å²) in [5.41, 5.74) is 6.28. The van der Waals surface area contributed by atoms with E-state index in [4.69, 9.17) is 22.1 Å². The predicted molar refractivity (Wildman–Crippen MR) is 127 cm³/mol. The van der Waals surface area contributed by atoms with Crippen molar-refractivity contribution in [3.05, 3.63) is 57.8 Å². The Balaban J connectivity index is 1.67. The van der Waals surface area contributed by atoms with Crippen LogP contribution in [0.1, 0.15) is 12.8 Å². The van der Waals surface area contributed by atoms with Crippen molar-refractivity contribution in [2.75, 3.05) is 26.0 Å². The van der Waals surface area contributed by atoms with E-state index in [1.807, 2.05) is 12.1 Å². The average molecular weight is 488 g/mol. The number of H-pyrrole nitrogens is 1. The van der Waals surface area contributed by atoms with Gasteiger partial charge in [-0.3, -0.25) is 9.59 Å². The van der Waals surface area contributed by atoms with Gasteiger partial charge in [-0.25, -0.2) is 9.78 Å². The van der Waals surface area contributed by atoms with Gasteiger partial charge in [0.2, 0.25) is 11.8 Å². The Morgan fingerprint density at radius 1 is 1.21 bits per heavy atom. The summed E-state index contributed by atoms with van der Waals surface area (Å²) < 4.78 is 6.96. The molecule has 0 unspecified atom stereocenters. The zero-order valence-electron chi connectivity index (χ0n) is 18.0. The number of aromatic nitrogens is 2. The number of thioether (sulfide) groups is 1. The molecule has 33 heavy (non-hydrogen) atoms. The number of para-hydroxylation sites is 1. The molecule has 0 bridgehead atoms. The standard InChI is InChI=1S/C23H23ClN4O4S/c1-32-19-7-6-15(24)12-18(19)28-22(31)16-4-2-3-5-17(16)26-23(28)33-13-20(29)27-10-8-14(9-11-27)21(25)30/h2-7,12,14H,8-11,13H2,1H3,(H2,25,30)/p+1. The minimum absolute atomic E-state index is 0.0680. The van der Waals surface area contributed by atoms with E-state index in [0.717, 1.165) is 0 Å². The van der Waals surface area contributed by atoms with Gasteiger partial charge < -0.3 is 15.4 Å². The zero-order valence-corrected chi connectivity index (χ0v) is 19.6. The number of benzene rings is 2. The van der Waals surface area contributed by atoms with Crippen LogP contribution in [0.3, 0.4) is 0 Å². The van der Waals surface area contributed by atoms with Crippen LogP contribution >= 0.6 is 23.4 Å². The summed E-state index contributed by atoms with van der Waals surface area (Å²) >= 11 is 7.46. The van der Waals surface area contributed by atoms with Gasteiger partial charge in [-0.1, -0.05) is 23.7 Å². The average Bonchev–Trinajstić information content (AvgIpc) is 2.82. The Morgan fingerprint density at radius 2 is 1.94 bits per heavy atom. The lowest BCUT2D eigenvalue weighted by Gasteiger charge is -2.30. The lowest BCUT2D eigenvalue weighted by atomic mass is 9.96. The number of hydrogen-bond acceptors (Lipinski definition) is 5. The van der Waals surface area contributed by atoms with E-state index in [-0.39, 0.29) is 29.0 Å². The van der Waals surface area contributed by atoms with Crippen molar-refractivity contribution in [1.82, 2.24) is 9.47 Å². The lowest BCUT2D eigenvalue weighted by Crippen LogP contribution is -2.42. The van der Waals surface area contributed by atoms with Crippen LogP contribution in [0.25, 0.3) is 16.6 Å². The van der Waals surface area contributed by atoms with Crippen molar-refractivity contribution in [1.29, 1.82) is 0 Å². The smallest absolute Gasteiger partial charge is 0.351 e. The van der Waals surface area contributed by atoms with Crippen LogP contribution in [0.15, 0.2) is 52.4 Å². The SMILES string of the molecule is COc1ccc(Cl)cc1-n1c(SCC(=O)N2CCC(C(N)=O)CC2)[nH+]c2ccccc2c1=O. The molecule has 0 aliphatic carbocycles. The molecule has 10 heteroatoms. The summed E-state index contributed by atoms with van der Waals surface area (Å²) in [5, 5.41) is 1.44. The number of likely N-dealkylation sites (tertiary alicyclic amines) is 1. The van der Waals surface area contributed by atoms with E-state index in [1.165, 1.54) is 23.4 Å². The van der Waals surface area contributed by atoms with Crippen molar-refractivity contribution in [2.24, 2.45) is 11.7 Å². The molecule has 3 aromatic rings. The van der Waals surface area contributed by atoms with Crippen LogP contribution in [-0.2, 0) is 9.59 Å². The Bertz CT molecular complexity index is 1270. The molecule has 2 heterocycles. The fourth-order valence-electron chi connectivity index (χ4n) is 3.95. The third-order valence-electron chi connectivity index (χ3n) is 5.77. The van der Waals surface area contributed by atoms with E-state index in [0.29, 0.717) is 58.5 Å². The number of amides is 2. The first kappa shape index (κ1) is 23.1. The van der Waals surface area contributed by atoms with Crippen molar-refractivity contribution >= 4 is 46.1 Å². The van der Waals surface area contributed by atoms with Gasteiger partial charge in [-0.2, -0.15) is 0 Å². The summed E-state index contributed by atoms with van der Waals surface area (Å²) in [4.78, 5) is 42.7. The minimum Gasteiger partial charge on any atom is -0.492 e. The molecule has 172 valence electrons. The number of fused-ring (bicyclic) bond motifs is 1. The number of nitrogens with zero attached hydrogens (tertiary/aromatic N) is 2. The molecule has 1 fully saturated rings. The third kappa shape index (κ3) is 4.84. The van der Waals surface area contributed by atoms with Gasteiger partial charge in [0.15, 0.2) is 11.4 Å². The number of primary amides is 1. The predicted octanol–water partition coefficient (Wildman–Crippen LogP) is 2.28. The van der Waals surface area contributed by atoms with E-state index in [1.54, 1.807) is 35.2 Å². The van der Waals surface area contributed by atoms with E-state index in [2.05, 4.69) is 4.98 Å². The minimum atomic E-state index is -0.318. The van der Waals surface area contributed by atoms with Gasteiger partial charge in [-0.15, -0.1) is 4.57 Å². The number of piperidine rings is 1. The Hall–Kier alpha value is -3.04. The summed E-state index contributed by atoms with van der Waals surface area (Å²) in [5.74, 6) is 0.0319. The highest BCUT2D eigenvalue weighted by Crippen LogP contribution is 2.29. The van der Waals surface area contributed by atoms with E-state index in [9.17, 15) is 14.4 Å². The second kappa shape index (κ2) is 9.84. The molecule has 0 saturated carbocycles. The highest BCUT2D eigenvalue weighted by atomic mass is 35.5. The molecule has 8 nitrogen and oxygen atoms in total. The molecule has 0 radical (unpaired) electrons. The second-order valence-corrected chi connectivity index (χ2v) is 9.18. The summed E-state index contributed by atoms with van der Waals surface area (Å²) in [6, 6.07) is 12.2. The zero-order chi connectivity index (χ0) is 23.5. The van der Waals surface area contributed by atoms with Crippen LogP contribution in [0.2, 0.25) is 5.02 Å². The van der Waals surface area contributed by atoms with Crippen molar-refractivity contribution < 1.29 is 19.3 Å². The highest BCUT2D eigenvalue weighted by Gasteiger charge is 2.28. The van der Waals surface area contributed by atoms with Gasteiger partial charge >= 0.3 is 10.7 Å². The Morgan fingerprint density at radius 3 is 2.64 bits per heavy atom. The topological polar surface area (TPSA) is 109 Å². The van der Waals surface area contributed by atoms with Crippen LogP contribution in [0.5, 0.6) is 5.75 Å². The third-order valence-corrected chi connectivity index (χ3v) is 6.95. The van der Waals surface area contributed by atoms with Crippen molar-refractivity contribution in [3.63, 3.8) is 0 Å². The fraction of sp³-hybridized carbons (Fsp3) is 0.304. The molecule has 1 aromatic heterocycles.